The Kier molecular flexibility index (Phi) is 4.90. The van der Waals surface area contributed by atoms with Gasteiger partial charge in [-0.1, -0.05) is 32.4 Å². The van der Waals surface area contributed by atoms with Crippen molar-refractivity contribution >= 4 is 5.91 Å². The van der Waals surface area contributed by atoms with E-state index in [2.05, 4.69) is 42.3 Å². The fourth-order valence-electron chi connectivity index (χ4n) is 5.72. The second-order valence-corrected chi connectivity index (χ2v) is 8.85. The van der Waals surface area contributed by atoms with E-state index < -0.39 is 0 Å². The van der Waals surface area contributed by atoms with E-state index >= 15 is 0 Å². The van der Waals surface area contributed by atoms with Crippen LogP contribution in [0.1, 0.15) is 56.2 Å². The van der Waals surface area contributed by atoms with E-state index in [1.54, 1.807) is 13.3 Å². The average molecular weight is 379 g/mol. The lowest BCUT2D eigenvalue weighted by Gasteiger charge is -2.54. The Morgan fingerprint density at radius 2 is 2.14 bits per heavy atom. The monoisotopic (exact) mass is 378 g/mol. The number of fused-ring (bicyclic) bond motifs is 3. The molecule has 1 N–H and O–H groups in total. The molecule has 148 valence electrons. The van der Waals surface area contributed by atoms with Gasteiger partial charge < -0.3 is 10.1 Å². The smallest absolute Gasteiger partial charge is 0.226 e. The maximum atomic E-state index is 13.4. The number of carbonyl (C=O) groups excluding carboxylic acids is 1. The third kappa shape index (κ3) is 3.09. The molecule has 0 aliphatic heterocycles. The first-order valence-electron chi connectivity index (χ1n) is 10.3. The lowest BCUT2D eigenvalue weighted by atomic mass is 9.49. The molecule has 2 aliphatic rings. The van der Waals surface area contributed by atoms with Gasteiger partial charge in [0.1, 0.15) is 5.75 Å². The van der Waals surface area contributed by atoms with Crippen LogP contribution in [0, 0.1) is 11.3 Å². The summed E-state index contributed by atoms with van der Waals surface area (Å²) in [7, 11) is 1.72. The molecular weight excluding hydrogens is 348 g/mol. The molecule has 4 rings (SSSR count). The SMILES string of the molecule is COc1ccc2c(c1)[C@]1(C)CCC[C@@](C)(C(=O)NCc3cccnc3)[C@H]1CC2. The van der Waals surface area contributed by atoms with Crippen molar-refractivity contribution in [1.29, 1.82) is 0 Å². The van der Waals surface area contributed by atoms with Gasteiger partial charge >= 0.3 is 0 Å². The first kappa shape index (κ1) is 19.0. The van der Waals surface area contributed by atoms with E-state index in [-0.39, 0.29) is 16.7 Å². The molecular formula is C24H30N2O2. The van der Waals surface area contributed by atoms with Gasteiger partial charge in [-0.2, -0.15) is 0 Å². The van der Waals surface area contributed by atoms with Gasteiger partial charge in [0.15, 0.2) is 0 Å². The van der Waals surface area contributed by atoms with Crippen LogP contribution in [0.4, 0.5) is 0 Å². The summed E-state index contributed by atoms with van der Waals surface area (Å²) < 4.78 is 5.51. The molecule has 2 aliphatic carbocycles. The largest absolute Gasteiger partial charge is 0.497 e. The molecule has 0 unspecified atom stereocenters. The average Bonchev–Trinajstić information content (AvgIpc) is 2.72. The van der Waals surface area contributed by atoms with E-state index in [0.717, 1.165) is 43.4 Å². The zero-order valence-electron chi connectivity index (χ0n) is 17.1. The number of carbonyl (C=O) groups is 1. The number of aryl methyl sites for hydroxylation is 1. The van der Waals surface area contributed by atoms with Gasteiger partial charge in [-0.3, -0.25) is 9.78 Å². The number of benzene rings is 1. The van der Waals surface area contributed by atoms with E-state index in [1.807, 2.05) is 18.3 Å². The number of nitrogens with one attached hydrogen (secondary N) is 1. The summed E-state index contributed by atoms with van der Waals surface area (Å²) in [6, 6.07) is 10.4. The van der Waals surface area contributed by atoms with E-state index in [1.165, 1.54) is 11.1 Å². The minimum atomic E-state index is -0.351. The highest BCUT2D eigenvalue weighted by molar-refractivity contribution is 5.83. The number of nitrogens with zero attached hydrogens (tertiary/aromatic N) is 1. The number of rotatable bonds is 4. The maximum absolute atomic E-state index is 13.4. The second kappa shape index (κ2) is 7.23. The molecule has 1 heterocycles. The van der Waals surface area contributed by atoms with Crippen molar-refractivity contribution in [3.8, 4) is 5.75 Å². The quantitative estimate of drug-likeness (QED) is 0.857. The minimum absolute atomic E-state index is 0.0146. The lowest BCUT2D eigenvalue weighted by molar-refractivity contribution is -0.139. The van der Waals surface area contributed by atoms with Crippen LogP contribution in [0.25, 0.3) is 0 Å². The lowest BCUT2D eigenvalue weighted by Crippen LogP contribution is -2.55. The Morgan fingerprint density at radius 1 is 1.29 bits per heavy atom. The molecule has 1 saturated carbocycles. The van der Waals surface area contributed by atoms with Gasteiger partial charge in [0.05, 0.1) is 12.5 Å². The third-order valence-corrected chi connectivity index (χ3v) is 7.26. The van der Waals surface area contributed by atoms with Gasteiger partial charge in [-0.05, 0) is 71.9 Å². The fourth-order valence-corrected chi connectivity index (χ4v) is 5.72. The molecule has 1 aromatic heterocycles. The zero-order chi connectivity index (χ0) is 19.8. The van der Waals surface area contributed by atoms with Crippen LogP contribution < -0.4 is 10.1 Å². The predicted molar refractivity (Wildman–Crippen MR) is 110 cm³/mol. The number of pyridine rings is 1. The summed E-state index contributed by atoms with van der Waals surface area (Å²) >= 11 is 0. The van der Waals surface area contributed by atoms with Crippen molar-refractivity contribution < 1.29 is 9.53 Å². The first-order chi connectivity index (χ1) is 13.5. The van der Waals surface area contributed by atoms with Crippen LogP contribution >= 0.6 is 0 Å². The van der Waals surface area contributed by atoms with E-state index in [9.17, 15) is 4.79 Å². The molecule has 1 aromatic carbocycles. The van der Waals surface area contributed by atoms with Crippen LogP contribution in [-0.4, -0.2) is 18.0 Å². The fraction of sp³-hybridized carbons (Fsp3) is 0.500. The molecule has 4 nitrogen and oxygen atoms in total. The second-order valence-electron chi connectivity index (χ2n) is 8.85. The highest BCUT2D eigenvalue weighted by Crippen LogP contribution is 2.57. The van der Waals surface area contributed by atoms with Crippen molar-refractivity contribution in [2.45, 2.75) is 57.9 Å². The topological polar surface area (TPSA) is 51.2 Å². The van der Waals surface area contributed by atoms with Crippen LogP contribution in [-0.2, 0) is 23.2 Å². The summed E-state index contributed by atoms with van der Waals surface area (Å²) in [5, 5.41) is 3.20. The van der Waals surface area contributed by atoms with Crippen molar-refractivity contribution in [2.24, 2.45) is 11.3 Å². The summed E-state index contributed by atoms with van der Waals surface area (Å²) in [5.74, 6) is 1.43. The molecule has 1 fully saturated rings. The number of hydrogen-bond donors (Lipinski definition) is 1. The third-order valence-electron chi connectivity index (χ3n) is 7.26. The van der Waals surface area contributed by atoms with E-state index in [4.69, 9.17) is 4.74 Å². The van der Waals surface area contributed by atoms with Crippen LogP contribution in [0.3, 0.4) is 0 Å². The molecule has 4 heteroatoms. The number of hydrogen-bond acceptors (Lipinski definition) is 3. The van der Waals surface area contributed by atoms with Gasteiger partial charge in [-0.15, -0.1) is 0 Å². The Labute approximate surface area is 167 Å². The molecule has 0 spiro atoms. The Hall–Kier alpha value is -2.36. The number of aromatic nitrogens is 1. The molecule has 0 saturated heterocycles. The Bertz CT molecular complexity index is 866. The molecule has 0 bridgehead atoms. The molecule has 28 heavy (non-hydrogen) atoms. The maximum Gasteiger partial charge on any atom is 0.226 e. The molecule has 2 aromatic rings. The minimum Gasteiger partial charge on any atom is -0.497 e. The molecule has 0 radical (unpaired) electrons. The first-order valence-corrected chi connectivity index (χ1v) is 10.3. The highest BCUT2D eigenvalue weighted by atomic mass is 16.5. The normalized spacial score (nSPS) is 28.8. The summed E-state index contributed by atoms with van der Waals surface area (Å²) in [5.41, 5.74) is 3.50. The predicted octanol–water partition coefficient (Wildman–Crippen LogP) is 4.42. The highest BCUT2D eigenvalue weighted by Gasteiger charge is 2.54. The van der Waals surface area contributed by atoms with Crippen molar-refractivity contribution in [1.82, 2.24) is 10.3 Å². The van der Waals surface area contributed by atoms with Crippen LogP contribution in [0.5, 0.6) is 5.75 Å². The summed E-state index contributed by atoms with van der Waals surface area (Å²) in [4.78, 5) is 17.5. The summed E-state index contributed by atoms with van der Waals surface area (Å²) in [6.45, 7) is 5.08. The molecule has 3 atom stereocenters. The van der Waals surface area contributed by atoms with Gasteiger partial charge in [0.25, 0.3) is 0 Å². The number of methoxy groups -OCH3 is 1. The number of ether oxygens (including phenoxy) is 1. The van der Waals surface area contributed by atoms with Crippen LogP contribution in [0.2, 0.25) is 0 Å². The van der Waals surface area contributed by atoms with Gasteiger partial charge in [-0.25, -0.2) is 0 Å². The Balaban J connectivity index is 1.61. The van der Waals surface area contributed by atoms with Crippen molar-refractivity contribution in [2.75, 3.05) is 7.11 Å². The van der Waals surface area contributed by atoms with Gasteiger partial charge in [0, 0.05) is 18.9 Å². The zero-order valence-corrected chi connectivity index (χ0v) is 17.1. The van der Waals surface area contributed by atoms with E-state index in [0.29, 0.717) is 12.5 Å². The van der Waals surface area contributed by atoms with Crippen molar-refractivity contribution in [3.63, 3.8) is 0 Å². The standard InChI is InChI=1S/C24H30N2O2/c1-23-11-5-12-24(2,22(27)26-16-17-6-4-13-25-15-17)21(23)10-8-18-7-9-19(28-3)14-20(18)23/h4,6-7,9,13-15,21H,5,8,10-12,16H2,1-3H3,(H,26,27)/t21-,23-,24+/m0/s1. The number of amides is 1. The Morgan fingerprint density at radius 3 is 2.89 bits per heavy atom. The van der Waals surface area contributed by atoms with Crippen LogP contribution in [0.15, 0.2) is 42.7 Å². The summed E-state index contributed by atoms with van der Waals surface area (Å²) in [6.07, 6.45) is 8.82. The van der Waals surface area contributed by atoms with Crippen molar-refractivity contribution in [3.05, 3.63) is 59.4 Å². The molecule has 1 amide bonds. The van der Waals surface area contributed by atoms with Gasteiger partial charge in [0.2, 0.25) is 5.91 Å².